The normalized spacial score (nSPS) is 16.7. The maximum atomic E-state index is 13.6. The van der Waals surface area contributed by atoms with E-state index in [1.807, 2.05) is 12.1 Å². The molecule has 2 aromatic rings. The fourth-order valence-corrected chi connectivity index (χ4v) is 4.31. The van der Waals surface area contributed by atoms with Crippen LogP contribution in [-0.2, 0) is 12.8 Å². The second kappa shape index (κ2) is 9.81. The van der Waals surface area contributed by atoms with E-state index in [2.05, 4.69) is 29.6 Å². The monoisotopic (exact) mass is 438 g/mol. The largest absolute Gasteiger partial charge is 0.388 e. The Kier molecular flexibility index (Phi) is 7.39. The van der Waals surface area contributed by atoms with Gasteiger partial charge in [-0.1, -0.05) is 26.3 Å². The zero-order valence-electron chi connectivity index (χ0n) is 17.9. The van der Waals surface area contributed by atoms with E-state index >= 15 is 0 Å². The second-order valence-corrected chi connectivity index (χ2v) is 8.37. The number of anilines is 2. The molecule has 164 valence electrons. The van der Waals surface area contributed by atoms with Crippen LogP contribution in [0.5, 0.6) is 0 Å². The van der Waals surface area contributed by atoms with E-state index in [-0.39, 0.29) is 17.9 Å². The van der Waals surface area contributed by atoms with Gasteiger partial charge in [0.1, 0.15) is 5.69 Å². The summed E-state index contributed by atoms with van der Waals surface area (Å²) >= 11 is 0.110. The van der Waals surface area contributed by atoms with Crippen molar-refractivity contribution in [1.29, 1.82) is 0 Å². The Labute approximate surface area is 180 Å². The minimum Gasteiger partial charge on any atom is -0.388 e. The number of allylic oxidation sites excluding steroid dienone is 1. The number of fused-ring (bicyclic) bond motifs is 1. The smallest absolute Gasteiger partial charge is 0.264 e. The van der Waals surface area contributed by atoms with Crippen LogP contribution < -0.4 is 10.6 Å². The summed E-state index contributed by atoms with van der Waals surface area (Å²) in [7, 11) is 1.70. The standard InChI is InChI=1S/C22H29F3N4S/c1-5-6-7-18(21-17-10-13(2)8-9-20(17)29(28-21)30-25)27-19-12-15(26-4)11-16(14(19)3)22(23)24/h7,11-13,22,26-27H,5-6,8-10H2,1-4H3/b18-7+. The van der Waals surface area contributed by atoms with Crippen molar-refractivity contribution < 1.29 is 12.7 Å². The van der Waals surface area contributed by atoms with Crippen LogP contribution in [0.4, 0.5) is 24.0 Å². The molecule has 0 saturated heterocycles. The van der Waals surface area contributed by atoms with Crippen LogP contribution >= 0.6 is 12.3 Å². The third-order valence-electron chi connectivity index (χ3n) is 5.68. The van der Waals surface area contributed by atoms with Gasteiger partial charge in [-0.25, -0.2) is 8.78 Å². The Bertz CT molecular complexity index is 924. The molecule has 3 rings (SSSR count). The zero-order valence-corrected chi connectivity index (χ0v) is 18.7. The molecule has 0 aliphatic heterocycles. The van der Waals surface area contributed by atoms with Gasteiger partial charge in [0.2, 0.25) is 0 Å². The summed E-state index contributed by atoms with van der Waals surface area (Å²) in [6.45, 7) is 5.95. The first-order chi connectivity index (χ1) is 14.4. The predicted octanol–water partition coefficient (Wildman–Crippen LogP) is 6.93. The van der Waals surface area contributed by atoms with Crippen LogP contribution in [0.2, 0.25) is 0 Å². The molecule has 0 saturated carbocycles. The Balaban J connectivity index is 2.08. The Morgan fingerprint density at radius 2 is 2.17 bits per heavy atom. The maximum Gasteiger partial charge on any atom is 0.264 e. The first-order valence-electron chi connectivity index (χ1n) is 10.4. The van der Waals surface area contributed by atoms with E-state index in [0.29, 0.717) is 28.6 Å². The molecule has 2 N–H and O–H groups in total. The Morgan fingerprint density at radius 3 is 2.80 bits per heavy atom. The van der Waals surface area contributed by atoms with Crippen LogP contribution in [0.3, 0.4) is 0 Å². The number of hydrogen-bond donors (Lipinski definition) is 2. The van der Waals surface area contributed by atoms with Crippen LogP contribution in [-0.4, -0.2) is 16.2 Å². The van der Waals surface area contributed by atoms with Crippen molar-refractivity contribution >= 4 is 29.4 Å². The molecule has 0 amide bonds. The molecule has 0 radical (unpaired) electrons. The lowest BCUT2D eigenvalue weighted by Crippen LogP contribution is -2.13. The molecule has 1 aliphatic carbocycles. The number of alkyl halides is 2. The summed E-state index contributed by atoms with van der Waals surface area (Å²) in [5.41, 5.74) is 5.09. The zero-order chi connectivity index (χ0) is 21.8. The van der Waals surface area contributed by atoms with Gasteiger partial charge in [-0.2, -0.15) is 9.19 Å². The second-order valence-electron chi connectivity index (χ2n) is 7.88. The summed E-state index contributed by atoms with van der Waals surface area (Å²) < 4.78 is 42.1. The molecule has 1 atom stereocenters. The average Bonchev–Trinajstić information content (AvgIpc) is 3.09. The van der Waals surface area contributed by atoms with Crippen molar-refractivity contribution in [1.82, 2.24) is 9.19 Å². The van der Waals surface area contributed by atoms with Gasteiger partial charge in [0.15, 0.2) is 12.3 Å². The third kappa shape index (κ3) is 4.63. The number of rotatable bonds is 8. The summed E-state index contributed by atoms with van der Waals surface area (Å²) in [5.74, 6) is 0.491. The summed E-state index contributed by atoms with van der Waals surface area (Å²) in [6.07, 6.45) is 3.80. The van der Waals surface area contributed by atoms with E-state index in [1.165, 1.54) is 10.2 Å². The van der Waals surface area contributed by atoms with Gasteiger partial charge >= 0.3 is 0 Å². The minimum absolute atomic E-state index is 0.0142. The van der Waals surface area contributed by atoms with E-state index in [9.17, 15) is 12.7 Å². The van der Waals surface area contributed by atoms with Gasteiger partial charge in [0, 0.05) is 29.5 Å². The number of hydrogen-bond acceptors (Lipinski definition) is 4. The minimum atomic E-state index is -2.57. The summed E-state index contributed by atoms with van der Waals surface area (Å²) in [5, 5.41) is 10.8. The van der Waals surface area contributed by atoms with Gasteiger partial charge in [-0.3, -0.25) is 0 Å². The van der Waals surface area contributed by atoms with Gasteiger partial charge in [-0.05, 0) is 56.2 Å². The van der Waals surface area contributed by atoms with Crippen molar-refractivity contribution in [3.8, 4) is 0 Å². The fraction of sp³-hybridized carbons (Fsp3) is 0.500. The van der Waals surface area contributed by atoms with Gasteiger partial charge in [-0.15, -0.1) is 3.89 Å². The lowest BCUT2D eigenvalue weighted by Gasteiger charge is -2.21. The van der Waals surface area contributed by atoms with Crippen molar-refractivity contribution in [2.24, 2.45) is 5.92 Å². The van der Waals surface area contributed by atoms with E-state index in [0.717, 1.165) is 49.1 Å². The summed E-state index contributed by atoms with van der Waals surface area (Å²) in [4.78, 5) is 0. The van der Waals surface area contributed by atoms with Crippen LogP contribution in [0.1, 0.15) is 67.6 Å². The SMILES string of the molecule is CCC/C=C(/Nc1cc(NC)cc(C(F)F)c1C)c1nn(SF)c2c1CC(C)CC2. The summed E-state index contributed by atoms with van der Waals surface area (Å²) in [6, 6.07) is 3.29. The average molecular weight is 439 g/mol. The number of benzene rings is 1. The molecular weight excluding hydrogens is 409 g/mol. The lowest BCUT2D eigenvalue weighted by atomic mass is 9.87. The topological polar surface area (TPSA) is 41.9 Å². The highest BCUT2D eigenvalue weighted by molar-refractivity contribution is 7.92. The molecule has 0 fully saturated rings. The molecule has 1 unspecified atom stereocenters. The molecule has 1 aliphatic rings. The van der Waals surface area contributed by atoms with Crippen LogP contribution in [0.15, 0.2) is 18.2 Å². The number of nitrogens with zero attached hydrogens (tertiary/aromatic N) is 2. The fourth-order valence-electron chi connectivity index (χ4n) is 3.91. The number of nitrogens with one attached hydrogen (secondary N) is 2. The first kappa shape index (κ1) is 22.6. The first-order valence-corrected chi connectivity index (χ1v) is 11.0. The molecule has 1 aromatic carbocycles. The number of unbranched alkanes of at least 4 members (excludes halogenated alkanes) is 1. The molecule has 30 heavy (non-hydrogen) atoms. The van der Waals surface area contributed by atoms with Crippen molar-refractivity contribution in [3.63, 3.8) is 0 Å². The lowest BCUT2D eigenvalue weighted by molar-refractivity contribution is 0.151. The highest BCUT2D eigenvalue weighted by atomic mass is 32.2. The van der Waals surface area contributed by atoms with E-state index < -0.39 is 6.43 Å². The van der Waals surface area contributed by atoms with Crippen molar-refractivity contribution in [2.45, 2.75) is 59.3 Å². The van der Waals surface area contributed by atoms with Gasteiger partial charge in [0.05, 0.1) is 11.4 Å². The maximum absolute atomic E-state index is 13.6. The highest BCUT2D eigenvalue weighted by Gasteiger charge is 2.27. The van der Waals surface area contributed by atoms with Crippen molar-refractivity contribution in [2.75, 3.05) is 17.7 Å². The molecular formula is C22H29F3N4S. The Hall–Kier alpha value is -2.09. The molecule has 4 nitrogen and oxygen atoms in total. The Morgan fingerprint density at radius 1 is 1.40 bits per heavy atom. The number of halogens is 3. The predicted molar refractivity (Wildman–Crippen MR) is 120 cm³/mol. The third-order valence-corrected chi connectivity index (χ3v) is 6.11. The number of aromatic nitrogens is 2. The van der Waals surface area contributed by atoms with Gasteiger partial charge in [0.25, 0.3) is 6.43 Å². The molecule has 8 heteroatoms. The van der Waals surface area contributed by atoms with E-state index in [4.69, 9.17) is 0 Å². The van der Waals surface area contributed by atoms with Gasteiger partial charge < -0.3 is 10.6 Å². The molecule has 1 heterocycles. The van der Waals surface area contributed by atoms with Crippen LogP contribution in [0.25, 0.3) is 5.70 Å². The highest BCUT2D eigenvalue weighted by Crippen LogP contribution is 2.36. The van der Waals surface area contributed by atoms with Crippen molar-refractivity contribution in [3.05, 3.63) is 46.3 Å². The molecule has 0 spiro atoms. The molecule has 0 bridgehead atoms. The molecule has 1 aromatic heterocycles. The van der Waals surface area contributed by atoms with Crippen LogP contribution in [0, 0.1) is 12.8 Å². The van der Waals surface area contributed by atoms with E-state index in [1.54, 1.807) is 14.0 Å². The quantitative estimate of drug-likeness (QED) is 0.469.